The number of fused-ring (bicyclic) bond motifs is 2. The van der Waals surface area contributed by atoms with Crippen LogP contribution in [0.5, 0.6) is 0 Å². The first-order chi connectivity index (χ1) is 14.8. The first-order valence-electron chi connectivity index (χ1n) is 10.6. The van der Waals surface area contributed by atoms with Gasteiger partial charge in [0.2, 0.25) is 5.95 Å². The van der Waals surface area contributed by atoms with Crippen molar-refractivity contribution in [2.24, 2.45) is 0 Å². The summed E-state index contributed by atoms with van der Waals surface area (Å²) < 4.78 is 0. The zero-order valence-electron chi connectivity index (χ0n) is 18.4. The van der Waals surface area contributed by atoms with Crippen LogP contribution >= 0.6 is 11.8 Å². The summed E-state index contributed by atoms with van der Waals surface area (Å²) in [5.41, 5.74) is 3.60. The van der Waals surface area contributed by atoms with Crippen molar-refractivity contribution < 1.29 is 32.7 Å². The van der Waals surface area contributed by atoms with E-state index in [0.29, 0.717) is 0 Å². The standard InChI is InChI=1S/C22H23BN4S.C2H5.Y/c1-15-6-7-19-18(10-15)21(24-13-16-11-23-12-16)26-22(25-19)27-8-9-28-20-5-3-2-4-17(20)14-27;1-2;/h2-7,10H,8-9,11-14H2,1H3,(H,24,25,26);1H2,2H3;/q2*-1;. The van der Waals surface area contributed by atoms with Gasteiger partial charge in [0.1, 0.15) is 5.82 Å². The van der Waals surface area contributed by atoms with Gasteiger partial charge in [-0.3, -0.25) is 0 Å². The van der Waals surface area contributed by atoms with Gasteiger partial charge in [-0.25, -0.2) is 17.6 Å². The third-order valence-corrected chi connectivity index (χ3v) is 6.54. The number of hydrogen-bond acceptors (Lipinski definition) is 5. The summed E-state index contributed by atoms with van der Waals surface area (Å²) in [6.45, 7) is 9.82. The van der Waals surface area contributed by atoms with Gasteiger partial charge in [0, 0.05) is 69.1 Å². The van der Waals surface area contributed by atoms with Gasteiger partial charge >= 0.3 is 0 Å². The number of nitrogens with zero attached hydrogens (tertiary/aromatic N) is 3. The van der Waals surface area contributed by atoms with E-state index in [2.05, 4.69) is 73.8 Å². The van der Waals surface area contributed by atoms with Crippen LogP contribution in [0, 0.1) is 19.8 Å². The van der Waals surface area contributed by atoms with Crippen LogP contribution in [-0.4, -0.2) is 36.1 Å². The molecule has 0 saturated carbocycles. The molecule has 3 heterocycles. The zero-order chi connectivity index (χ0) is 20.9. The molecule has 3 aromatic rings. The van der Waals surface area contributed by atoms with Gasteiger partial charge in [0.15, 0.2) is 0 Å². The molecule has 1 fully saturated rings. The third-order valence-electron chi connectivity index (χ3n) is 5.45. The van der Waals surface area contributed by atoms with Crippen LogP contribution in [0.4, 0.5) is 11.8 Å². The summed E-state index contributed by atoms with van der Waals surface area (Å²) in [4.78, 5) is 13.6. The molecule has 2 radical (unpaired) electrons. The monoisotopic (exact) mass is 504 g/mol. The fraction of sp³-hybridized carbons (Fsp3) is 0.333. The van der Waals surface area contributed by atoms with E-state index in [1.54, 1.807) is 12.8 Å². The maximum absolute atomic E-state index is 4.98. The molecular weight excluding hydrogens is 476 g/mol. The Bertz CT molecular complexity index is 1010. The van der Waals surface area contributed by atoms with E-state index in [-0.39, 0.29) is 32.7 Å². The molecule has 0 spiro atoms. The Balaban J connectivity index is 0.000000883. The maximum Gasteiger partial charge on any atom is 0.228 e. The summed E-state index contributed by atoms with van der Waals surface area (Å²) in [6.07, 6.45) is 2.25. The van der Waals surface area contributed by atoms with Crippen molar-refractivity contribution in [3.63, 3.8) is 0 Å². The molecule has 2 aromatic carbocycles. The number of rotatable bonds is 4. The van der Waals surface area contributed by atoms with Crippen molar-refractivity contribution in [1.29, 1.82) is 0 Å². The molecular formula is C24H28BN4SY-2. The topological polar surface area (TPSA) is 41.1 Å². The second-order valence-electron chi connectivity index (χ2n) is 7.57. The average molecular weight is 504 g/mol. The molecule has 0 aliphatic carbocycles. The molecule has 2 aliphatic rings. The van der Waals surface area contributed by atoms with Gasteiger partial charge in [-0.2, -0.15) is 11.9 Å². The molecule has 1 saturated heterocycles. The van der Waals surface area contributed by atoms with E-state index in [1.165, 1.54) is 16.0 Å². The van der Waals surface area contributed by atoms with Crippen LogP contribution in [0.15, 0.2) is 47.4 Å². The summed E-state index contributed by atoms with van der Waals surface area (Å²) in [7, 11) is 2.32. The summed E-state index contributed by atoms with van der Waals surface area (Å²) >= 11 is 1.92. The number of hydrogen-bond donors (Lipinski definition) is 1. The van der Waals surface area contributed by atoms with Crippen LogP contribution in [0.2, 0.25) is 12.6 Å². The summed E-state index contributed by atoms with van der Waals surface area (Å²) in [5, 5.41) is 4.70. The van der Waals surface area contributed by atoms with Crippen molar-refractivity contribution >= 4 is 41.7 Å². The smallest absolute Gasteiger partial charge is 0.228 e. The largest absolute Gasteiger partial charge is 0.399 e. The van der Waals surface area contributed by atoms with Crippen molar-refractivity contribution in [2.75, 3.05) is 29.1 Å². The van der Waals surface area contributed by atoms with Gasteiger partial charge in [-0.15, -0.1) is 18.3 Å². The zero-order valence-corrected chi connectivity index (χ0v) is 22.1. The van der Waals surface area contributed by atoms with Crippen molar-refractivity contribution in [2.45, 2.75) is 37.9 Å². The van der Waals surface area contributed by atoms with E-state index in [1.807, 2.05) is 11.8 Å². The summed E-state index contributed by atoms with van der Waals surface area (Å²) in [5.74, 6) is 4.36. The number of benzene rings is 2. The van der Waals surface area contributed by atoms with Crippen LogP contribution in [0.3, 0.4) is 0 Å². The minimum absolute atomic E-state index is 0. The Kier molecular flexibility index (Phi) is 9.24. The summed E-state index contributed by atoms with van der Waals surface area (Å²) in [6, 6.07) is 15.1. The van der Waals surface area contributed by atoms with Gasteiger partial charge in [0.25, 0.3) is 0 Å². The molecule has 1 N–H and O–H groups in total. The molecule has 1 aromatic heterocycles. The normalized spacial score (nSPS) is 15.4. The molecule has 0 unspecified atom stereocenters. The number of anilines is 2. The minimum atomic E-state index is 0. The Hall–Kier alpha value is -1.10. The van der Waals surface area contributed by atoms with E-state index in [4.69, 9.17) is 9.97 Å². The van der Waals surface area contributed by atoms with Crippen molar-refractivity contribution in [3.8, 4) is 0 Å². The minimum Gasteiger partial charge on any atom is -0.399 e. The SMILES string of the molecule is Cc1ccc2nc(N3CCSc4ccccc4C3)nc(NC[C-]3C[B]C3)c2c1.[CH2-]C.[Y]. The molecule has 2 aliphatic heterocycles. The molecule has 0 bridgehead atoms. The molecule has 31 heavy (non-hydrogen) atoms. The predicted molar refractivity (Wildman–Crippen MR) is 131 cm³/mol. The van der Waals surface area contributed by atoms with Gasteiger partial charge in [-0.1, -0.05) is 29.8 Å². The fourth-order valence-corrected chi connectivity index (χ4v) is 4.73. The number of nitrogens with one attached hydrogen (secondary N) is 1. The molecule has 5 rings (SSSR count). The Morgan fingerprint density at radius 1 is 1.16 bits per heavy atom. The van der Waals surface area contributed by atoms with E-state index in [9.17, 15) is 0 Å². The van der Waals surface area contributed by atoms with Gasteiger partial charge in [-0.05, 0) is 30.7 Å². The molecule has 4 nitrogen and oxygen atoms in total. The van der Waals surface area contributed by atoms with Gasteiger partial charge < -0.3 is 23.1 Å². The van der Waals surface area contributed by atoms with Crippen molar-refractivity contribution in [1.82, 2.24) is 9.97 Å². The first kappa shape index (κ1) is 24.5. The van der Waals surface area contributed by atoms with Gasteiger partial charge in [0.05, 0.1) is 5.52 Å². The van der Waals surface area contributed by atoms with Crippen molar-refractivity contribution in [3.05, 3.63) is 66.4 Å². The quantitative estimate of drug-likeness (QED) is 0.379. The molecule has 0 atom stereocenters. The van der Waals surface area contributed by atoms with E-state index < -0.39 is 0 Å². The Labute approximate surface area is 216 Å². The van der Waals surface area contributed by atoms with Crippen LogP contribution < -0.4 is 10.2 Å². The number of thioether (sulfide) groups is 1. The van der Waals surface area contributed by atoms with E-state index >= 15 is 0 Å². The predicted octanol–water partition coefficient (Wildman–Crippen LogP) is 5.43. The average Bonchev–Trinajstić information content (AvgIpc) is 2.96. The Morgan fingerprint density at radius 2 is 1.97 bits per heavy atom. The first-order valence-corrected chi connectivity index (χ1v) is 11.6. The number of aryl methyl sites for hydroxylation is 1. The second-order valence-corrected chi connectivity index (χ2v) is 8.71. The molecule has 7 heteroatoms. The van der Waals surface area contributed by atoms with E-state index in [0.717, 1.165) is 60.7 Å². The molecule has 0 amide bonds. The fourth-order valence-electron chi connectivity index (χ4n) is 3.70. The Morgan fingerprint density at radius 3 is 2.74 bits per heavy atom. The van der Waals surface area contributed by atoms with Crippen LogP contribution in [0.25, 0.3) is 10.9 Å². The van der Waals surface area contributed by atoms with Crippen LogP contribution in [0.1, 0.15) is 18.1 Å². The number of aromatic nitrogens is 2. The third kappa shape index (κ3) is 5.83. The maximum atomic E-state index is 4.98. The molecule has 158 valence electrons. The van der Waals surface area contributed by atoms with Crippen LogP contribution in [-0.2, 0) is 39.3 Å². The second kappa shape index (κ2) is 11.7.